The third-order valence-electron chi connectivity index (χ3n) is 3.09. The molecular weight excluding hydrogens is 236 g/mol. The van der Waals surface area contributed by atoms with E-state index in [9.17, 15) is 14.4 Å². The fourth-order valence-electron chi connectivity index (χ4n) is 2.02. The Kier molecular flexibility index (Phi) is 5.12. The van der Waals surface area contributed by atoms with Gasteiger partial charge in [0.25, 0.3) is 0 Å². The van der Waals surface area contributed by atoms with Gasteiger partial charge in [0.1, 0.15) is 0 Å². The molecule has 18 heavy (non-hydrogen) atoms. The number of hydrogen-bond acceptors (Lipinski definition) is 3. The first kappa shape index (κ1) is 14.5. The molecule has 1 rings (SSSR count). The van der Waals surface area contributed by atoms with Crippen molar-refractivity contribution in [1.29, 1.82) is 0 Å². The third-order valence-corrected chi connectivity index (χ3v) is 3.09. The first-order chi connectivity index (χ1) is 8.41. The summed E-state index contributed by atoms with van der Waals surface area (Å²) in [7, 11) is 0. The molecular formula is C12H20N2O4. The molecule has 102 valence electrons. The Morgan fingerprint density at radius 3 is 2.61 bits per heavy atom. The first-order valence-corrected chi connectivity index (χ1v) is 6.20. The van der Waals surface area contributed by atoms with Crippen LogP contribution in [0.1, 0.15) is 33.1 Å². The van der Waals surface area contributed by atoms with Crippen LogP contribution in [-0.4, -0.2) is 46.9 Å². The maximum atomic E-state index is 12.2. The number of carbonyl (C=O) groups excluding carboxylic acids is 2. The molecule has 1 aliphatic rings. The zero-order valence-electron chi connectivity index (χ0n) is 10.8. The van der Waals surface area contributed by atoms with Crippen molar-refractivity contribution in [1.82, 2.24) is 10.2 Å². The second kappa shape index (κ2) is 6.37. The van der Waals surface area contributed by atoms with Crippen molar-refractivity contribution in [3.63, 3.8) is 0 Å². The van der Waals surface area contributed by atoms with Gasteiger partial charge in [-0.25, -0.2) is 0 Å². The van der Waals surface area contributed by atoms with Crippen LogP contribution in [-0.2, 0) is 14.4 Å². The summed E-state index contributed by atoms with van der Waals surface area (Å²) in [4.78, 5) is 35.4. The van der Waals surface area contributed by atoms with E-state index in [2.05, 4.69) is 5.32 Å². The second-order valence-corrected chi connectivity index (χ2v) is 4.81. The molecule has 0 spiro atoms. The van der Waals surface area contributed by atoms with Crippen LogP contribution in [0.2, 0.25) is 0 Å². The Morgan fingerprint density at radius 1 is 1.50 bits per heavy atom. The maximum absolute atomic E-state index is 12.2. The van der Waals surface area contributed by atoms with Crippen LogP contribution in [0.5, 0.6) is 0 Å². The van der Waals surface area contributed by atoms with Crippen molar-refractivity contribution < 1.29 is 19.5 Å². The normalized spacial score (nSPS) is 19.5. The quantitative estimate of drug-likeness (QED) is 0.737. The number of nitrogens with zero attached hydrogens (tertiary/aromatic N) is 1. The van der Waals surface area contributed by atoms with E-state index in [-0.39, 0.29) is 36.7 Å². The summed E-state index contributed by atoms with van der Waals surface area (Å²) in [5, 5.41) is 11.3. The Labute approximate surface area is 106 Å². The number of carboxylic acids is 1. The highest BCUT2D eigenvalue weighted by Crippen LogP contribution is 2.16. The lowest BCUT2D eigenvalue weighted by molar-refractivity contribution is -0.141. The average Bonchev–Trinajstić information content (AvgIpc) is 2.29. The fraction of sp³-hybridized carbons (Fsp3) is 0.750. The van der Waals surface area contributed by atoms with Crippen LogP contribution in [0.4, 0.5) is 0 Å². The highest BCUT2D eigenvalue weighted by molar-refractivity contribution is 5.84. The van der Waals surface area contributed by atoms with Crippen LogP contribution in [0, 0.1) is 5.92 Å². The summed E-state index contributed by atoms with van der Waals surface area (Å²) in [6.45, 7) is 4.30. The van der Waals surface area contributed by atoms with E-state index < -0.39 is 5.97 Å². The molecule has 1 atom stereocenters. The highest BCUT2D eigenvalue weighted by Gasteiger charge is 2.29. The molecule has 0 radical (unpaired) electrons. The van der Waals surface area contributed by atoms with Gasteiger partial charge in [0.15, 0.2) is 0 Å². The van der Waals surface area contributed by atoms with Crippen molar-refractivity contribution in [2.75, 3.05) is 13.1 Å². The smallest absolute Gasteiger partial charge is 0.305 e. The van der Waals surface area contributed by atoms with Crippen molar-refractivity contribution >= 4 is 17.8 Å². The summed E-state index contributed by atoms with van der Waals surface area (Å²) in [5.74, 6) is -1.23. The second-order valence-electron chi connectivity index (χ2n) is 4.81. The standard InChI is InChI=1S/C12H20N2O4/c1-8(2)14(6-5-11(16)17)12(18)9-3-4-10(15)13-7-9/h8-9H,3-7H2,1-2H3,(H,13,15)(H,16,17). The van der Waals surface area contributed by atoms with Crippen molar-refractivity contribution in [3.8, 4) is 0 Å². The minimum atomic E-state index is -0.912. The minimum Gasteiger partial charge on any atom is -0.481 e. The summed E-state index contributed by atoms with van der Waals surface area (Å²) >= 11 is 0. The Balaban J connectivity index is 2.58. The lowest BCUT2D eigenvalue weighted by Crippen LogP contribution is -2.47. The Morgan fingerprint density at radius 2 is 2.17 bits per heavy atom. The molecule has 2 N–H and O–H groups in total. The van der Waals surface area contributed by atoms with Crippen LogP contribution in [0.25, 0.3) is 0 Å². The van der Waals surface area contributed by atoms with Gasteiger partial charge < -0.3 is 15.3 Å². The molecule has 0 aliphatic carbocycles. The monoisotopic (exact) mass is 256 g/mol. The first-order valence-electron chi connectivity index (χ1n) is 6.20. The number of piperidine rings is 1. The zero-order chi connectivity index (χ0) is 13.7. The largest absolute Gasteiger partial charge is 0.481 e. The highest BCUT2D eigenvalue weighted by atomic mass is 16.4. The molecule has 0 aromatic rings. The van der Waals surface area contributed by atoms with E-state index in [1.807, 2.05) is 13.8 Å². The third kappa shape index (κ3) is 4.01. The molecule has 0 aromatic carbocycles. The molecule has 6 heteroatoms. The Bertz CT molecular complexity index is 331. The van der Waals surface area contributed by atoms with Gasteiger partial charge in [-0.3, -0.25) is 14.4 Å². The Hall–Kier alpha value is -1.59. The SMILES string of the molecule is CC(C)N(CCC(=O)O)C(=O)C1CCC(=O)NC1. The van der Waals surface area contributed by atoms with E-state index >= 15 is 0 Å². The molecule has 6 nitrogen and oxygen atoms in total. The van der Waals surface area contributed by atoms with Gasteiger partial charge in [-0.15, -0.1) is 0 Å². The van der Waals surface area contributed by atoms with Crippen LogP contribution in [0.3, 0.4) is 0 Å². The number of rotatable bonds is 5. The van der Waals surface area contributed by atoms with Gasteiger partial charge in [0.2, 0.25) is 11.8 Å². The van der Waals surface area contributed by atoms with Crippen molar-refractivity contribution in [2.24, 2.45) is 5.92 Å². The van der Waals surface area contributed by atoms with Crippen LogP contribution >= 0.6 is 0 Å². The van der Waals surface area contributed by atoms with Gasteiger partial charge in [-0.2, -0.15) is 0 Å². The molecule has 1 saturated heterocycles. The molecule has 1 heterocycles. The van der Waals surface area contributed by atoms with Gasteiger partial charge >= 0.3 is 5.97 Å². The van der Waals surface area contributed by atoms with Gasteiger partial charge in [-0.1, -0.05) is 0 Å². The summed E-state index contributed by atoms with van der Waals surface area (Å²) < 4.78 is 0. The topological polar surface area (TPSA) is 86.7 Å². The van der Waals surface area contributed by atoms with E-state index in [4.69, 9.17) is 5.11 Å². The van der Waals surface area contributed by atoms with Gasteiger partial charge in [-0.05, 0) is 20.3 Å². The number of carboxylic acid groups (broad SMARTS) is 1. The lowest BCUT2D eigenvalue weighted by Gasteiger charge is -2.32. The maximum Gasteiger partial charge on any atom is 0.305 e. The van der Waals surface area contributed by atoms with Gasteiger partial charge in [0, 0.05) is 25.6 Å². The fourth-order valence-corrected chi connectivity index (χ4v) is 2.02. The number of nitrogens with one attached hydrogen (secondary N) is 1. The van der Waals surface area contributed by atoms with Crippen molar-refractivity contribution in [2.45, 2.75) is 39.2 Å². The summed E-state index contributed by atoms with van der Waals surface area (Å²) in [6, 6.07) is -0.0329. The van der Waals surface area contributed by atoms with Gasteiger partial charge in [0.05, 0.1) is 12.3 Å². The summed E-state index contributed by atoms with van der Waals surface area (Å²) in [5.41, 5.74) is 0. The average molecular weight is 256 g/mol. The predicted molar refractivity (Wildman–Crippen MR) is 64.8 cm³/mol. The number of carbonyl (C=O) groups is 3. The summed E-state index contributed by atoms with van der Waals surface area (Å²) in [6.07, 6.45) is 0.852. The molecule has 0 saturated carbocycles. The van der Waals surface area contributed by atoms with Crippen LogP contribution in [0.15, 0.2) is 0 Å². The van der Waals surface area contributed by atoms with E-state index in [0.29, 0.717) is 19.4 Å². The van der Waals surface area contributed by atoms with Crippen molar-refractivity contribution in [3.05, 3.63) is 0 Å². The molecule has 1 unspecified atom stereocenters. The molecule has 1 fully saturated rings. The number of amides is 2. The zero-order valence-corrected chi connectivity index (χ0v) is 10.8. The molecule has 0 aromatic heterocycles. The number of hydrogen-bond donors (Lipinski definition) is 2. The van der Waals surface area contributed by atoms with E-state index in [1.54, 1.807) is 4.90 Å². The molecule has 2 amide bonds. The van der Waals surface area contributed by atoms with E-state index in [0.717, 1.165) is 0 Å². The minimum absolute atomic E-state index is 0.0271. The lowest BCUT2D eigenvalue weighted by atomic mass is 9.97. The predicted octanol–water partition coefficient (Wildman–Crippen LogP) is 0.224. The number of aliphatic carboxylic acids is 1. The van der Waals surface area contributed by atoms with E-state index in [1.165, 1.54) is 0 Å². The van der Waals surface area contributed by atoms with Crippen LogP contribution < -0.4 is 5.32 Å². The molecule has 1 aliphatic heterocycles. The molecule has 0 bridgehead atoms.